The Kier molecular flexibility index (Phi) is 6.93. The first-order chi connectivity index (χ1) is 28.3. The third-order valence-corrected chi connectivity index (χ3v) is 11.8. The van der Waals surface area contributed by atoms with Crippen molar-refractivity contribution in [2.45, 2.75) is 0 Å². The summed E-state index contributed by atoms with van der Waals surface area (Å²) < 4.78 is 2.28. The predicted octanol–water partition coefficient (Wildman–Crippen LogP) is 14.3. The minimum absolute atomic E-state index is 0.824. The van der Waals surface area contributed by atoms with Crippen LogP contribution in [0.15, 0.2) is 200 Å². The highest BCUT2D eigenvalue weighted by atomic mass is 15.1. The molecule has 0 atom stereocenters. The number of nitrogens with zero attached hydrogens (tertiary/aromatic N) is 3. The molecule has 0 saturated heterocycles. The number of fused-ring (bicyclic) bond motifs is 10. The molecule has 57 heavy (non-hydrogen) atoms. The van der Waals surface area contributed by atoms with Crippen LogP contribution in [0.4, 0.5) is 0 Å². The van der Waals surface area contributed by atoms with E-state index in [4.69, 9.17) is 9.97 Å². The summed E-state index contributed by atoms with van der Waals surface area (Å²) in [4.78, 5) is 10.8. The summed E-state index contributed by atoms with van der Waals surface area (Å²) in [7, 11) is 0. The van der Waals surface area contributed by atoms with Crippen LogP contribution in [0.25, 0.3) is 115 Å². The number of hydrogen-bond acceptors (Lipinski definition) is 2. The monoisotopic (exact) mass is 723 g/mol. The third-order valence-electron chi connectivity index (χ3n) is 11.8. The molecule has 0 N–H and O–H groups in total. The average Bonchev–Trinajstić information content (AvgIpc) is 3.69. The maximum absolute atomic E-state index is 5.53. The Hall–Kier alpha value is -7.62. The van der Waals surface area contributed by atoms with Crippen LogP contribution >= 0.6 is 0 Å². The van der Waals surface area contributed by atoms with Gasteiger partial charge in [-0.1, -0.05) is 170 Å². The largest absolute Gasteiger partial charge is 0.276 e. The maximum atomic E-state index is 5.53. The van der Waals surface area contributed by atoms with E-state index in [1.165, 1.54) is 70.6 Å². The number of imidazole rings is 1. The molecule has 0 radical (unpaired) electrons. The van der Waals surface area contributed by atoms with Crippen molar-refractivity contribution in [3.05, 3.63) is 200 Å². The molecule has 2 aromatic heterocycles. The van der Waals surface area contributed by atoms with E-state index in [0.29, 0.717) is 0 Å². The second-order valence-corrected chi connectivity index (χ2v) is 14.9. The van der Waals surface area contributed by atoms with Gasteiger partial charge in [0, 0.05) is 28.1 Å². The Morgan fingerprint density at radius 2 is 0.737 bits per heavy atom. The molecular weight excluding hydrogens is 691 g/mol. The van der Waals surface area contributed by atoms with E-state index in [-0.39, 0.29) is 0 Å². The molecule has 2 heterocycles. The molecule has 0 aliphatic rings. The molecule has 0 fully saturated rings. The van der Waals surface area contributed by atoms with Crippen LogP contribution in [0, 0.1) is 0 Å². The topological polar surface area (TPSA) is 30.7 Å². The van der Waals surface area contributed by atoms with E-state index in [0.717, 1.165) is 44.6 Å². The van der Waals surface area contributed by atoms with Crippen molar-refractivity contribution < 1.29 is 0 Å². The van der Waals surface area contributed by atoms with Gasteiger partial charge in [-0.2, -0.15) is 0 Å². The lowest BCUT2D eigenvalue weighted by Crippen LogP contribution is -2.01. The van der Waals surface area contributed by atoms with Gasteiger partial charge >= 0.3 is 0 Å². The normalized spacial score (nSPS) is 11.9. The Labute approximate surface area is 328 Å². The van der Waals surface area contributed by atoms with Gasteiger partial charge in [0.25, 0.3) is 0 Å². The van der Waals surface area contributed by atoms with E-state index >= 15 is 0 Å². The molecule has 0 aliphatic heterocycles. The van der Waals surface area contributed by atoms with Gasteiger partial charge in [0.1, 0.15) is 11.6 Å². The molecular formula is C54H33N3. The van der Waals surface area contributed by atoms with Gasteiger partial charge in [0.15, 0.2) is 0 Å². The minimum atomic E-state index is 0.824. The molecule has 0 bridgehead atoms. The molecule has 3 nitrogen and oxygen atoms in total. The van der Waals surface area contributed by atoms with Crippen molar-refractivity contribution in [3.63, 3.8) is 0 Å². The molecule has 10 aromatic carbocycles. The van der Waals surface area contributed by atoms with Crippen molar-refractivity contribution in [2.75, 3.05) is 0 Å². The van der Waals surface area contributed by atoms with Crippen molar-refractivity contribution in [3.8, 4) is 39.5 Å². The van der Waals surface area contributed by atoms with Crippen LogP contribution in [0.2, 0.25) is 0 Å². The number of aromatic nitrogens is 3. The van der Waals surface area contributed by atoms with Crippen LogP contribution in [-0.2, 0) is 0 Å². The van der Waals surface area contributed by atoms with Crippen LogP contribution in [0.3, 0.4) is 0 Å². The first-order valence-electron chi connectivity index (χ1n) is 19.5. The SMILES string of the molecule is c1ccc2c(-c3ccc(-c4nc5c6ccccc6c6ccccc6c5n4-c4ccc(-c5c6ccccc6cc6ccccc56)cn4)cc3)c3ccccc3cc2c1. The van der Waals surface area contributed by atoms with E-state index < -0.39 is 0 Å². The van der Waals surface area contributed by atoms with Crippen LogP contribution < -0.4 is 0 Å². The summed E-state index contributed by atoms with van der Waals surface area (Å²) in [6.07, 6.45) is 2.04. The van der Waals surface area contributed by atoms with Gasteiger partial charge < -0.3 is 0 Å². The van der Waals surface area contributed by atoms with E-state index in [2.05, 4.69) is 199 Å². The summed E-state index contributed by atoms with van der Waals surface area (Å²) >= 11 is 0. The van der Waals surface area contributed by atoms with Gasteiger partial charge in [-0.15, -0.1) is 0 Å². The fourth-order valence-electron chi connectivity index (χ4n) is 9.22. The summed E-state index contributed by atoms with van der Waals surface area (Å²) in [6, 6.07) is 69.9. The summed E-state index contributed by atoms with van der Waals surface area (Å²) in [5, 5.41) is 14.5. The zero-order valence-electron chi connectivity index (χ0n) is 30.9. The first-order valence-corrected chi connectivity index (χ1v) is 19.5. The molecule has 264 valence electrons. The number of benzene rings is 10. The maximum Gasteiger partial charge on any atom is 0.146 e. The van der Waals surface area contributed by atoms with Crippen molar-refractivity contribution in [1.29, 1.82) is 0 Å². The van der Waals surface area contributed by atoms with Gasteiger partial charge in [0.2, 0.25) is 0 Å². The molecule has 0 aliphatic carbocycles. The molecule has 0 unspecified atom stereocenters. The second kappa shape index (κ2) is 12.5. The third kappa shape index (κ3) is 4.86. The first kappa shape index (κ1) is 31.7. The standard InChI is InChI=1S/C54H33N3/c1-5-17-41-36(13-1)31-37-14-2-6-18-42(37)50(41)34-25-27-35(28-26-34)54-56-52-47-23-11-9-21-45(47)46-22-10-12-24-48(46)53(52)57(54)49-30-29-40(33-55-49)51-43-19-7-3-15-38(43)32-39-16-4-8-20-44(39)51/h1-33H. The summed E-state index contributed by atoms with van der Waals surface area (Å²) in [6.45, 7) is 0. The smallest absolute Gasteiger partial charge is 0.146 e. The van der Waals surface area contributed by atoms with Gasteiger partial charge in [-0.25, -0.2) is 9.97 Å². The Balaban J connectivity index is 1.10. The molecule has 0 amide bonds. The molecule has 0 spiro atoms. The summed E-state index contributed by atoms with van der Waals surface area (Å²) in [5.41, 5.74) is 7.76. The Bertz CT molecular complexity index is 3450. The molecule has 12 aromatic rings. The molecule has 0 saturated carbocycles. The molecule has 3 heteroatoms. The quantitative estimate of drug-likeness (QED) is 0.134. The van der Waals surface area contributed by atoms with E-state index in [1.807, 2.05) is 6.20 Å². The van der Waals surface area contributed by atoms with Crippen LogP contribution in [0.1, 0.15) is 0 Å². The number of hydrogen-bond donors (Lipinski definition) is 0. The van der Waals surface area contributed by atoms with E-state index in [1.54, 1.807) is 0 Å². The fourth-order valence-corrected chi connectivity index (χ4v) is 9.22. The number of pyridine rings is 1. The fraction of sp³-hybridized carbons (Fsp3) is 0. The van der Waals surface area contributed by atoms with Crippen molar-refractivity contribution in [2.24, 2.45) is 0 Å². The van der Waals surface area contributed by atoms with E-state index in [9.17, 15) is 0 Å². The highest BCUT2D eigenvalue weighted by molar-refractivity contribution is 6.24. The Morgan fingerprint density at radius 3 is 1.25 bits per heavy atom. The van der Waals surface area contributed by atoms with Crippen LogP contribution in [-0.4, -0.2) is 14.5 Å². The lowest BCUT2D eigenvalue weighted by molar-refractivity contribution is 1.04. The second-order valence-electron chi connectivity index (χ2n) is 14.9. The summed E-state index contributed by atoms with van der Waals surface area (Å²) in [5.74, 6) is 1.68. The van der Waals surface area contributed by atoms with Gasteiger partial charge in [0.05, 0.1) is 11.0 Å². The van der Waals surface area contributed by atoms with Gasteiger partial charge in [-0.3, -0.25) is 4.57 Å². The average molecular weight is 724 g/mol. The van der Waals surface area contributed by atoms with Gasteiger partial charge in [-0.05, 0) is 94.8 Å². The lowest BCUT2D eigenvalue weighted by Gasteiger charge is -2.15. The highest BCUT2D eigenvalue weighted by Crippen LogP contribution is 2.42. The zero-order chi connectivity index (χ0) is 37.5. The minimum Gasteiger partial charge on any atom is -0.276 e. The number of rotatable bonds is 4. The lowest BCUT2D eigenvalue weighted by atomic mass is 9.91. The predicted molar refractivity (Wildman–Crippen MR) is 240 cm³/mol. The van der Waals surface area contributed by atoms with Crippen molar-refractivity contribution in [1.82, 2.24) is 14.5 Å². The van der Waals surface area contributed by atoms with Crippen LogP contribution in [0.5, 0.6) is 0 Å². The zero-order valence-corrected chi connectivity index (χ0v) is 30.9. The molecule has 12 rings (SSSR count). The highest BCUT2D eigenvalue weighted by Gasteiger charge is 2.22. The Morgan fingerprint density at radius 1 is 0.333 bits per heavy atom. The van der Waals surface area contributed by atoms with Crippen molar-refractivity contribution >= 4 is 75.7 Å².